The van der Waals surface area contributed by atoms with E-state index in [9.17, 15) is 15.2 Å². The van der Waals surface area contributed by atoms with E-state index in [-0.39, 0.29) is 22.4 Å². The first-order valence-electron chi connectivity index (χ1n) is 7.16. The number of methoxy groups -OCH3 is 1. The van der Waals surface area contributed by atoms with Gasteiger partial charge in [-0.25, -0.2) is 0 Å². The molecule has 1 aliphatic rings. The van der Waals surface area contributed by atoms with Crippen LogP contribution >= 0.6 is 0 Å². The minimum atomic E-state index is -0.560. The van der Waals surface area contributed by atoms with Crippen LogP contribution in [0.4, 0.5) is 5.69 Å². The molecule has 0 heterocycles. The average molecular weight is 299 g/mol. The lowest BCUT2D eigenvalue weighted by Gasteiger charge is -2.11. The molecule has 0 bridgehead atoms. The third-order valence-corrected chi connectivity index (χ3v) is 4.21. The highest BCUT2D eigenvalue weighted by Crippen LogP contribution is 2.54. The number of nitro groups is 1. The average Bonchev–Trinajstić information content (AvgIpc) is 3.35. The number of nitro benzene ring substituents is 1. The maximum absolute atomic E-state index is 10.8. The van der Waals surface area contributed by atoms with Gasteiger partial charge in [-0.2, -0.15) is 0 Å². The molecule has 0 spiro atoms. The van der Waals surface area contributed by atoms with Crippen LogP contribution in [-0.2, 0) is 0 Å². The zero-order valence-electron chi connectivity index (χ0n) is 12.2. The van der Waals surface area contributed by atoms with Crippen molar-refractivity contribution in [2.24, 2.45) is 5.92 Å². The van der Waals surface area contributed by atoms with Crippen LogP contribution in [0, 0.1) is 16.0 Å². The van der Waals surface area contributed by atoms with Gasteiger partial charge in [0, 0.05) is 12.1 Å². The van der Waals surface area contributed by atoms with E-state index in [2.05, 4.69) is 0 Å². The van der Waals surface area contributed by atoms with Crippen LogP contribution in [0.1, 0.15) is 29.6 Å². The largest absolute Gasteiger partial charge is 0.497 e. The Labute approximate surface area is 128 Å². The standard InChI is InChI=1S/C17H17NO4/c1-22-14-7-5-11(6-8-14)17(19)16-10-15(16)12-3-2-4-13(9-12)18(20)21/h2-9,15-17,19H,10H2,1H3/t15-,16+,17?/m0/s1. The molecule has 114 valence electrons. The molecule has 22 heavy (non-hydrogen) atoms. The van der Waals surface area contributed by atoms with Crippen molar-refractivity contribution < 1.29 is 14.8 Å². The van der Waals surface area contributed by atoms with Crippen molar-refractivity contribution in [3.05, 3.63) is 69.8 Å². The number of rotatable bonds is 5. The van der Waals surface area contributed by atoms with Crippen LogP contribution < -0.4 is 4.74 Å². The number of hydrogen-bond donors (Lipinski definition) is 1. The van der Waals surface area contributed by atoms with Gasteiger partial charge in [0.05, 0.1) is 18.1 Å². The Morgan fingerprint density at radius 2 is 2.00 bits per heavy atom. The first kappa shape index (κ1) is 14.5. The first-order valence-corrected chi connectivity index (χ1v) is 7.16. The Bertz CT molecular complexity index is 683. The summed E-state index contributed by atoms with van der Waals surface area (Å²) >= 11 is 0. The van der Waals surface area contributed by atoms with E-state index in [0.717, 1.165) is 23.3 Å². The van der Waals surface area contributed by atoms with Crippen molar-refractivity contribution in [2.75, 3.05) is 7.11 Å². The first-order chi connectivity index (χ1) is 10.6. The summed E-state index contributed by atoms with van der Waals surface area (Å²) in [5, 5.41) is 21.3. The highest BCUT2D eigenvalue weighted by atomic mass is 16.6. The van der Waals surface area contributed by atoms with Gasteiger partial charge in [-0.1, -0.05) is 24.3 Å². The SMILES string of the molecule is COc1ccc(C(O)[C@@H]2C[C@H]2c2cccc([N+](=O)[O-])c2)cc1. The second kappa shape index (κ2) is 5.77. The maximum atomic E-state index is 10.8. The lowest BCUT2D eigenvalue weighted by Crippen LogP contribution is -2.01. The third-order valence-electron chi connectivity index (χ3n) is 4.21. The monoisotopic (exact) mass is 299 g/mol. The van der Waals surface area contributed by atoms with E-state index in [0.29, 0.717) is 0 Å². The summed E-state index contributed by atoms with van der Waals surface area (Å²) in [6, 6.07) is 14.0. The summed E-state index contributed by atoms with van der Waals surface area (Å²) in [7, 11) is 1.60. The maximum Gasteiger partial charge on any atom is 0.269 e. The molecule has 1 aliphatic carbocycles. The molecule has 0 aromatic heterocycles. The molecule has 5 nitrogen and oxygen atoms in total. The molecule has 2 aromatic rings. The van der Waals surface area contributed by atoms with E-state index < -0.39 is 6.10 Å². The van der Waals surface area contributed by atoms with Gasteiger partial charge in [-0.05, 0) is 41.5 Å². The molecule has 5 heteroatoms. The van der Waals surface area contributed by atoms with Crippen LogP contribution in [0.2, 0.25) is 0 Å². The molecule has 1 saturated carbocycles. The third kappa shape index (κ3) is 2.80. The summed E-state index contributed by atoms with van der Waals surface area (Å²) < 4.78 is 5.11. The van der Waals surface area contributed by atoms with Crippen molar-refractivity contribution in [2.45, 2.75) is 18.4 Å². The van der Waals surface area contributed by atoms with Crippen molar-refractivity contribution in [1.29, 1.82) is 0 Å². The molecule has 1 unspecified atom stereocenters. The van der Waals surface area contributed by atoms with Crippen molar-refractivity contribution in [1.82, 2.24) is 0 Å². The number of aliphatic hydroxyl groups is 1. The van der Waals surface area contributed by atoms with Gasteiger partial charge >= 0.3 is 0 Å². The Morgan fingerprint density at radius 3 is 2.64 bits per heavy atom. The van der Waals surface area contributed by atoms with E-state index >= 15 is 0 Å². The van der Waals surface area contributed by atoms with Gasteiger partial charge in [-0.3, -0.25) is 10.1 Å². The van der Waals surface area contributed by atoms with E-state index in [4.69, 9.17) is 4.74 Å². The lowest BCUT2D eigenvalue weighted by molar-refractivity contribution is -0.384. The summed E-state index contributed by atoms with van der Waals surface area (Å²) in [5.41, 5.74) is 1.87. The van der Waals surface area contributed by atoms with Crippen LogP contribution in [-0.4, -0.2) is 17.1 Å². The highest BCUT2D eigenvalue weighted by molar-refractivity contribution is 5.39. The van der Waals surface area contributed by atoms with Gasteiger partial charge in [0.1, 0.15) is 5.75 Å². The molecule has 0 aliphatic heterocycles. The second-order valence-corrected chi connectivity index (χ2v) is 5.58. The highest BCUT2D eigenvalue weighted by Gasteiger charge is 2.44. The van der Waals surface area contributed by atoms with Crippen LogP contribution in [0.5, 0.6) is 5.75 Å². The summed E-state index contributed by atoms with van der Waals surface area (Å²) in [4.78, 5) is 10.4. The fraction of sp³-hybridized carbons (Fsp3) is 0.294. The molecule has 0 saturated heterocycles. The van der Waals surface area contributed by atoms with Gasteiger partial charge in [0.15, 0.2) is 0 Å². The van der Waals surface area contributed by atoms with Gasteiger partial charge in [0.2, 0.25) is 0 Å². The number of ether oxygens (including phenoxy) is 1. The Morgan fingerprint density at radius 1 is 1.27 bits per heavy atom. The molecule has 2 aromatic carbocycles. The van der Waals surface area contributed by atoms with E-state index in [1.807, 2.05) is 30.3 Å². The molecular formula is C17H17NO4. The fourth-order valence-electron chi connectivity index (χ4n) is 2.86. The zero-order valence-corrected chi connectivity index (χ0v) is 12.2. The van der Waals surface area contributed by atoms with Gasteiger partial charge in [-0.15, -0.1) is 0 Å². The van der Waals surface area contributed by atoms with Crippen molar-refractivity contribution >= 4 is 5.69 Å². The number of hydrogen-bond acceptors (Lipinski definition) is 4. The van der Waals surface area contributed by atoms with Crippen LogP contribution in [0.3, 0.4) is 0 Å². The summed E-state index contributed by atoms with van der Waals surface area (Å²) in [6.07, 6.45) is 0.282. The predicted octanol–water partition coefficient (Wildman–Crippen LogP) is 3.44. The second-order valence-electron chi connectivity index (χ2n) is 5.58. The molecule has 1 fully saturated rings. The topological polar surface area (TPSA) is 72.6 Å². The van der Waals surface area contributed by atoms with Gasteiger partial charge < -0.3 is 9.84 Å². The molecule has 1 N–H and O–H groups in total. The van der Waals surface area contributed by atoms with E-state index in [1.165, 1.54) is 6.07 Å². The molecule has 3 rings (SSSR count). The molecular weight excluding hydrogens is 282 g/mol. The van der Waals surface area contributed by atoms with Crippen LogP contribution in [0.25, 0.3) is 0 Å². The Balaban J connectivity index is 1.73. The number of non-ortho nitro benzene ring substituents is 1. The number of benzene rings is 2. The molecule has 0 amide bonds. The van der Waals surface area contributed by atoms with Crippen molar-refractivity contribution in [3.63, 3.8) is 0 Å². The minimum Gasteiger partial charge on any atom is -0.497 e. The number of aliphatic hydroxyl groups excluding tert-OH is 1. The molecule has 0 radical (unpaired) electrons. The molecule has 3 atom stereocenters. The Hall–Kier alpha value is -2.40. The van der Waals surface area contributed by atoms with Crippen molar-refractivity contribution in [3.8, 4) is 5.75 Å². The summed E-state index contributed by atoms with van der Waals surface area (Å²) in [6.45, 7) is 0. The zero-order chi connectivity index (χ0) is 15.7. The van der Waals surface area contributed by atoms with Crippen LogP contribution in [0.15, 0.2) is 48.5 Å². The minimum absolute atomic E-state index is 0.0992. The smallest absolute Gasteiger partial charge is 0.269 e. The fourth-order valence-corrected chi connectivity index (χ4v) is 2.86. The van der Waals surface area contributed by atoms with Gasteiger partial charge in [0.25, 0.3) is 5.69 Å². The predicted molar refractivity (Wildman–Crippen MR) is 81.9 cm³/mol. The lowest BCUT2D eigenvalue weighted by atomic mass is 10.0. The normalized spacial score (nSPS) is 21.2. The number of nitrogens with zero attached hydrogens (tertiary/aromatic N) is 1. The van der Waals surface area contributed by atoms with E-state index in [1.54, 1.807) is 19.2 Å². The Kier molecular flexibility index (Phi) is 3.81. The summed E-state index contributed by atoms with van der Waals surface area (Å²) in [5.74, 6) is 1.04. The quantitative estimate of drug-likeness (QED) is 0.678.